The summed E-state index contributed by atoms with van der Waals surface area (Å²) in [6, 6.07) is 14.2. The molecule has 216 valence electrons. The maximum absolute atomic E-state index is 13.2. The summed E-state index contributed by atoms with van der Waals surface area (Å²) in [5.41, 5.74) is -0.141. The summed E-state index contributed by atoms with van der Waals surface area (Å²) in [6.07, 6.45) is -4.77. The number of aryl methyl sites for hydroxylation is 1. The Kier molecular flexibility index (Phi) is 7.72. The number of pyridine rings is 2. The molecule has 42 heavy (non-hydrogen) atoms. The van der Waals surface area contributed by atoms with Crippen molar-refractivity contribution in [2.45, 2.75) is 37.7 Å². The first-order valence-corrected chi connectivity index (χ1v) is 12.8. The van der Waals surface area contributed by atoms with Gasteiger partial charge in [-0.1, -0.05) is 30.3 Å². The fraction of sp³-hybridized carbons (Fsp3) is 0.200. The van der Waals surface area contributed by atoms with Crippen molar-refractivity contribution < 1.29 is 35.9 Å². The van der Waals surface area contributed by atoms with Crippen LogP contribution in [0.25, 0.3) is 11.1 Å². The molecule has 0 bridgehead atoms. The first kappa shape index (κ1) is 28.8. The van der Waals surface area contributed by atoms with Gasteiger partial charge in [0.15, 0.2) is 0 Å². The summed E-state index contributed by atoms with van der Waals surface area (Å²) in [5, 5.41) is 4.95. The number of carbonyl (C=O) groups is 2. The standard InChI is InChI=1S/C30H22F6N4O2/c31-29(32,33)19-12-20(30(34,35)36)14-22(13-19)39-28(42)26-8-2-7-25(40-26)27(41)38-21-10-9-17-4-1-6-23(24(17)15-21)18-5-3-11-37-16-18/h1-8,11-14,16,21H,9-10,15H2,(H,38,41)(H,39,42). The molecule has 1 aliphatic carbocycles. The first-order valence-electron chi connectivity index (χ1n) is 12.8. The number of fused-ring (bicyclic) bond motifs is 1. The van der Waals surface area contributed by atoms with E-state index in [1.165, 1.54) is 23.8 Å². The number of alkyl halides is 6. The average molecular weight is 585 g/mol. The van der Waals surface area contributed by atoms with E-state index in [1.54, 1.807) is 12.4 Å². The predicted octanol–water partition coefficient (Wildman–Crippen LogP) is 6.72. The number of halogens is 6. The summed E-state index contributed by atoms with van der Waals surface area (Å²) in [5.74, 6) is -1.65. The number of carbonyl (C=O) groups excluding carboxylic acids is 2. The van der Waals surface area contributed by atoms with Crippen molar-refractivity contribution in [1.82, 2.24) is 15.3 Å². The molecule has 12 heteroatoms. The average Bonchev–Trinajstić information content (AvgIpc) is 2.96. The molecule has 0 radical (unpaired) electrons. The molecule has 0 spiro atoms. The minimum absolute atomic E-state index is 0.0395. The third kappa shape index (κ3) is 6.42. The van der Waals surface area contributed by atoms with Crippen LogP contribution in [0.15, 0.2) is 79.1 Å². The monoisotopic (exact) mass is 584 g/mol. The highest BCUT2D eigenvalue weighted by Gasteiger charge is 2.37. The topological polar surface area (TPSA) is 84.0 Å². The van der Waals surface area contributed by atoms with Gasteiger partial charge in [0.25, 0.3) is 11.8 Å². The van der Waals surface area contributed by atoms with Gasteiger partial charge in [-0.2, -0.15) is 26.3 Å². The van der Waals surface area contributed by atoms with Crippen molar-refractivity contribution >= 4 is 17.5 Å². The van der Waals surface area contributed by atoms with E-state index in [-0.39, 0.29) is 23.5 Å². The van der Waals surface area contributed by atoms with E-state index in [2.05, 4.69) is 15.3 Å². The van der Waals surface area contributed by atoms with Gasteiger partial charge in [0, 0.05) is 29.7 Å². The van der Waals surface area contributed by atoms with Crippen LogP contribution in [0.1, 0.15) is 49.7 Å². The molecule has 0 aliphatic heterocycles. The Morgan fingerprint density at radius 3 is 2.12 bits per heavy atom. The van der Waals surface area contributed by atoms with Crippen molar-refractivity contribution in [3.8, 4) is 11.1 Å². The van der Waals surface area contributed by atoms with Crippen LogP contribution in [0.3, 0.4) is 0 Å². The van der Waals surface area contributed by atoms with E-state index in [0.717, 1.165) is 23.1 Å². The molecule has 0 saturated heterocycles. The molecule has 0 fully saturated rings. The van der Waals surface area contributed by atoms with E-state index in [0.29, 0.717) is 25.0 Å². The third-order valence-electron chi connectivity index (χ3n) is 6.85. The summed E-state index contributed by atoms with van der Waals surface area (Å²) < 4.78 is 79.1. The highest BCUT2D eigenvalue weighted by molar-refractivity contribution is 6.04. The van der Waals surface area contributed by atoms with Crippen molar-refractivity contribution in [3.63, 3.8) is 0 Å². The van der Waals surface area contributed by atoms with Crippen molar-refractivity contribution in [2.24, 2.45) is 0 Å². The van der Waals surface area contributed by atoms with Gasteiger partial charge in [0.1, 0.15) is 11.4 Å². The maximum Gasteiger partial charge on any atom is 0.416 e. The predicted molar refractivity (Wildman–Crippen MR) is 142 cm³/mol. The molecule has 2 heterocycles. The van der Waals surface area contributed by atoms with Gasteiger partial charge in [0.05, 0.1) is 11.1 Å². The normalized spacial score (nSPS) is 15.0. The molecular weight excluding hydrogens is 562 g/mol. The van der Waals surface area contributed by atoms with Crippen LogP contribution < -0.4 is 10.6 Å². The van der Waals surface area contributed by atoms with Crippen LogP contribution in [0.5, 0.6) is 0 Å². The Bertz CT molecular complexity index is 1610. The number of nitrogens with one attached hydrogen (secondary N) is 2. The second-order valence-corrected chi connectivity index (χ2v) is 9.75. The third-order valence-corrected chi connectivity index (χ3v) is 6.85. The smallest absolute Gasteiger partial charge is 0.348 e. The Labute approximate surface area is 235 Å². The molecule has 5 rings (SSSR count). The molecule has 1 aliphatic rings. The zero-order chi connectivity index (χ0) is 30.1. The Morgan fingerprint density at radius 2 is 1.48 bits per heavy atom. The lowest BCUT2D eigenvalue weighted by Crippen LogP contribution is -2.39. The molecular formula is C30H22F6N4O2. The number of aromatic nitrogens is 2. The lowest BCUT2D eigenvalue weighted by Gasteiger charge is -2.27. The zero-order valence-electron chi connectivity index (χ0n) is 21.7. The van der Waals surface area contributed by atoms with Gasteiger partial charge in [-0.3, -0.25) is 14.6 Å². The summed E-state index contributed by atoms with van der Waals surface area (Å²) >= 11 is 0. The van der Waals surface area contributed by atoms with Gasteiger partial charge in [0.2, 0.25) is 0 Å². The number of nitrogens with zero attached hydrogens (tertiary/aromatic N) is 2. The number of benzene rings is 2. The molecule has 2 aromatic carbocycles. The zero-order valence-corrected chi connectivity index (χ0v) is 21.7. The van der Waals surface area contributed by atoms with Crippen molar-refractivity contribution in [2.75, 3.05) is 5.32 Å². The highest BCUT2D eigenvalue weighted by Crippen LogP contribution is 2.37. The highest BCUT2D eigenvalue weighted by atomic mass is 19.4. The maximum atomic E-state index is 13.2. The fourth-order valence-electron chi connectivity index (χ4n) is 4.87. The number of anilines is 1. The van der Waals surface area contributed by atoms with E-state index >= 15 is 0 Å². The van der Waals surface area contributed by atoms with Crippen LogP contribution in [-0.4, -0.2) is 27.8 Å². The largest absolute Gasteiger partial charge is 0.416 e. The number of hydrogen-bond donors (Lipinski definition) is 2. The second kappa shape index (κ2) is 11.3. The molecule has 4 aromatic rings. The molecule has 0 saturated carbocycles. The van der Waals surface area contributed by atoms with E-state index < -0.39 is 41.0 Å². The second-order valence-electron chi connectivity index (χ2n) is 9.75. The molecule has 6 nitrogen and oxygen atoms in total. The number of rotatable bonds is 5. The van der Waals surface area contributed by atoms with Gasteiger partial charge in [-0.15, -0.1) is 0 Å². The number of hydrogen-bond acceptors (Lipinski definition) is 4. The van der Waals surface area contributed by atoms with Crippen LogP contribution in [-0.2, 0) is 25.2 Å². The lowest BCUT2D eigenvalue weighted by atomic mass is 9.83. The Morgan fingerprint density at radius 1 is 0.810 bits per heavy atom. The van der Waals surface area contributed by atoms with Gasteiger partial charge < -0.3 is 10.6 Å². The van der Waals surface area contributed by atoms with Crippen molar-refractivity contribution in [1.29, 1.82) is 0 Å². The van der Waals surface area contributed by atoms with Crippen molar-refractivity contribution in [3.05, 3.63) is 113 Å². The van der Waals surface area contributed by atoms with E-state index in [4.69, 9.17) is 0 Å². The van der Waals surface area contributed by atoms with Gasteiger partial charge >= 0.3 is 12.4 Å². The minimum atomic E-state index is -5.07. The molecule has 2 aromatic heterocycles. The van der Waals surface area contributed by atoms with Crippen LogP contribution in [0, 0.1) is 0 Å². The van der Waals surface area contributed by atoms with Gasteiger partial charge in [-0.05, 0) is 72.4 Å². The van der Waals surface area contributed by atoms with E-state index in [1.807, 2.05) is 35.6 Å². The minimum Gasteiger partial charge on any atom is -0.348 e. The number of amides is 2. The molecule has 2 amide bonds. The lowest BCUT2D eigenvalue weighted by molar-refractivity contribution is -0.143. The van der Waals surface area contributed by atoms with Crippen LogP contribution >= 0.6 is 0 Å². The SMILES string of the molecule is O=C(Nc1cc(C(F)(F)F)cc(C(F)(F)F)c1)c1cccc(C(=O)NC2CCc3cccc(-c4cccnc4)c3C2)n1. The summed E-state index contributed by atoms with van der Waals surface area (Å²) in [6.45, 7) is 0. The van der Waals surface area contributed by atoms with Crippen LogP contribution in [0.2, 0.25) is 0 Å². The first-order chi connectivity index (χ1) is 19.9. The quantitative estimate of drug-likeness (QED) is 0.255. The molecule has 1 unspecified atom stereocenters. The van der Waals surface area contributed by atoms with E-state index in [9.17, 15) is 35.9 Å². The Balaban J connectivity index is 1.31. The Hall–Kier alpha value is -4.74. The fourth-order valence-corrected chi connectivity index (χ4v) is 4.87. The molecule has 2 N–H and O–H groups in total. The summed E-state index contributed by atoms with van der Waals surface area (Å²) in [4.78, 5) is 34.0. The molecule has 1 atom stereocenters. The van der Waals surface area contributed by atoms with Gasteiger partial charge in [-0.25, -0.2) is 4.98 Å². The van der Waals surface area contributed by atoms with Crippen LogP contribution in [0.4, 0.5) is 32.0 Å². The summed E-state index contributed by atoms with van der Waals surface area (Å²) in [7, 11) is 0.